The van der Waals surface area contributed by atoms with Gasteiger partial charge in [-0.3, -0.25) is 4.68 Å². The second kappa shape index (κ2) is 5.60. The smallest absolute Gasteiger partial charge is 0.183 e. The Morgan fingerprint density at radius 3 is 2.77 bits per heavy atom. The van der Waals surface area contributed by atoms with Crippen molar-refractivity contribution in [3.05, 3.63) is 17.5 Å². The van der Waals surface area contributed by atoms with Gasteiger partial charge in [0, 0.05) is 11.7 Å². The predicted molar refractivity (Wildman–Crippen MR) is 80.5 cm³/mol. The maximum Gasteiger partial charge on any atom is 0.183 e. The zero-order valence-electron chi connectivity index (χ0n) is 13.2. The molecule has 5 atom stereocenters. The predicted octanol–water partition coefficient (Wildman–Crippen LogP) is 1.06. The number of nitrogens with one attached hydrogen (secondary N) is 1. The Morgan fingerprint density at radius 2 is 2.09 bits per heavy atom. The Hall–Kier alpha value is -0.950. The number of ether oxygens (including phenoxy) is 2. The number of aliphatic hydroxyl groups is 1. The molecule has 5 unspecified atom stereocenters. The van der Waals surface area contributed by atoms with Gasteiger partial charge < -0.3 is 19.9 Å². The molecule has 2 saturated heterocycles. The third kappa shape index (κ3) is 2.38. The topological polar surface area (TPSA) is 68.5 Å². The van der Waals surface area contributed by atoms with Crippen LogP contribution in [0.25, 0.3) is 0 Å². The molecule has 6 nitrogen and oxygen atoms in total. The summed E-state index contributed by atoms with van der Waals surface area (Å²) >= 11 is 0. The summed E-state index contributed by atoms with van der Waals surface area (Å²) in [5, 5.41) is 19.1. The summed E-state index contributed by atoms with van der Waals surface area (Å²) in [6.07, 6.45) is 3.89. The van der Waals surface area contributed by atoms with E-state index in [0.717, 1.165) is 11.4 Å². The molecule has 1 saturated carbocycles. The molecule has 3 heterocycles. The summed E-state index contributed by atoms with van der Waals surface area (Å²) in [5.74, 6) is 0. The SMILES string of the molecule is Cc1cc(C)n(C2C3OCC(O3)C(NC3CCCC3)C2O)n1. The molecule has 0 radical (unpaired) electrons. The molecule has 1 aromatic rings. The van der Waals surface area contributed by atoms with E-state index in [2.05, 4.69) is 10.4 Å². The Kier molecular flexibility index (Phi) is 3.72. The maximum atomic E-state index is 11.0. The fourth-order valence-electron chi connectivity index (χ4n) is 4.18. The highest BCUT2D eigenvalue weighted by Crippen LogP contribution is 2.37. The number of aryl methyl sites for hydroxylation is 2. The molecule has 0 aromatic carbocycles. The molecule has 0 spiro atoms. The lowest BCUT2D eigenvalue weighted by molar-refractivity contribution is -0.169. The first-order valence-corrected chi connectivity index (χ1v) is 8.37. The van der Waals surface area contributed by atoms with Crippen molar-refractivity contribution in [2.75, 3.05) is 6.61 Å². The van der Waals surface area contributed by atoms with E-state index in [1.54, 1.807) is 0 Å². The highest BCUT2D eigenvalue weighted by atomic mass is 16.7. The van der Waals surface area contributed by atoms with Gasteiger partial charge in [0.2, 0.25) is 0 Å². The molecule has 2 bridgehead atoms. The summed E-state index contributed by atoms with van der Waals surface area (Å²) in [7, 11) is 0. The highest BCUT2D eigenvalue weighted by Gasteiger charge is 2.52. The first-order chi connectivity index (χ1) is 10.6. The summed E-state index contributed by atoms with van der Waals surface area (Å²) < 4.78 is 13.7. The van der Waals surface area contributed by atoms with Crippen LogP contribution in [0.4, 0.5) is 0 Å². The van der Waals surface area contributed by atoms with E-state index in [1.807, 2.05) is 24.6 Å². The normalized spacial score (nSPS) is 38.8. The average molecular weight is 307 g/mol. The van der Waals surface area contributed by atoms with Crippen LogP contribution in [0.1, 0.15) is 43.1 Å². The second-order valence-electron chi connectivity index (χ2n) is 6.90. The van der Waals surface area contributed by atoms with Gasteiger partial charge >= 0.3 is 0 Å². The van der Waals surface area contributed by atoms with Crippen LogP contribution in [0.5, 0.6) is 0 Å². The van der Waals surface area contributed by atoms with Crippen molar-refractivity contribution in [2.24, 2.45) is 0 Å². The lowest BCUT2D eigenvalue weighted by Crippen LogP contribution is -2.59. The Morgan fingerprint density at radius 1 is 1.32 bits per heavy atom. The number of hydrogen-bond acceptors (Lipinski definition) is 5. The van der Waals surface area contributed by atoms with Crippen LogP contribution in [0.3, 0.4) is 0 Å². The molecular weight excluding hydrogens is 282 g/mol. The first kappa shape index (κ1) is 14.6. The van der Waals surface area contributed by atoms with Gasteiger partial charge in [0.15, 0.2) is 6.29 Å². The monoisotopic (exact) mass is 307 g/mol. The van der Waals surface area contributed by atoms with Crippen LogP contribution in [-0.2, 0) is 9.47 Å². The van der Waals surface area contributed by atoms with E-state index < -0.39 is 12.4 Å². The van der Waals surface area contributed by atoms with Gasteiger partial charge in [-0.15, -0.1) is 0 Å². The van der Waals surface area contributed by atoms with Gasteiger partial charge in [-0.1, -0.05) is 12.8 Å². The number of rotatable bonds is 3. The Bertz CT molecular complexity index is 541. The lowest BCUT2D eigenvalue weighted by atomic mass is 9.95. The zero-order valence-corrected chi connectivity index (χ0v) is 13.2. The quantitative estimate of drug-likeness (QED) is 0.874. The fourth-order valence-corrected chi connectivity index (χ4v) is 4.18. The minimum atomic E-state index is -0.551. The summed E-state index contributed by atoms with van der Waals surface area (Å²) in [6.45, 7) is 4.52. The third-order valence-corrected chi connectivity index (χ3v) is 5.24. The minimum Gasteiger partial charge on any atom is -0.389 e. The molecule has 1 aromatic heterocycles. The van der Waals surface area contributed by atoms with Gasteiger partial charge in [0.1, 0.15) is 12.1 Å². The Balaban J connectivity index is 1.60. The van der Waals surface area contributed by atoms with Gasteiger partial charge in [-0.25, -0.2) is 0 Å². The van der Waals surface area contributed by atoms with Crippen LogP contribution in [0.15, 0.2) is 6.07 Å². The molecule has 2 N–H and O–H groups in total. The van der Waals surface area contributed by atoms with Gasteiger partial charge in [0.05, 0.1) is 24.4 Å². The molecule has 2 aliphatic heterocycles. The van der Waals surface area contributed by atoms with Crippen molar-refractivity contribution in [1.29, 1.82) is 0 Å². The standard InChI is InChI=1S/C16H25N3O3/c1-9-7-10(2)19(18-9)14-15(20)13(12-8-21-16(14)22-12)17-11-5-3-4-6-11/h7,11-17,20H,3-6,8H2,1-2H3. The van der Waals surface area contributed by atoms with Crippen molar-refractivity contribution in [2.45, 2.75) is 76.2 Å². The third-order valence-electron chi connectivity index (χ3n) is 5.24. The largest absolute Gasteiger partial charge is 0.389 e. The summed E-state index contributed by atoms with van der Waals surface area (Å²) in [5.41, 5.74) is 1.98. The first-order valence-electron chi connectivity index (χ1n) is 8.37. The van der Waals surface area contributed by atoms with E-state index in [1.165, 1.54) is 25.7 Å². The molecule has 3 fully saturated rings. The molecule has 0 amide bonds. The van der Waals surface area contributed by atoms with Crippen LogP contribution in [0, 0.1) is 13.8 Å². The van der Waals surface area contributed by atoms with Crippen molar-refractivity contribution < 1.29 is 14.6 Å². The van der Waals surface area contributed by atoms with Gasteiger partial charge in [0.25, 0.3) is 0 Å². The molecule has 122 valence electrons. The fraction of sp³-hybridized carbons (Fsp3) is 0.812. The van der Waals surface area contributed by atoms with E-state index in [-0.39, 0.29) is 18.2 Å². The van der Waals surface area contributed by atoms with Crippen LogP contribution < -0.4 is 5.32 Å². The number of hydrogen-bond donors (Lipinski definition) is 2. The summed E-state index contributed by atoms with van der Waals surface area (Å²) in [6, 6.07) is 2.14. The molecule has 3 aliphatic rings. The Labute approximate surface area is 130 Å². The number of aliphatic hydroxyl groups excluding tert-OH is 1. The van der Waals surface area contributed by atoms with Crippen molar-refractivity contribution >= 4 is 0 Å². The van der Waals surface area contributed by atoms with Gasteiger partial charge in [-0.05, 0) is 32.8 Å². The number of aromatic nitrogens is 2. The minimum absolute atomic E-state index is 0.0613. The van der Waals surface area contributed by atoms with Crippen molar-refractivity contribution in [1.82, 2.24) is 15.1 Å². The van der Waals surface area contributed by atoms with Crippen molar-refractivity contribution in [3.8, 4) is 0 Å². The zero-order chi connectivity index (χ0) is 15.3. The van der Waals surface area contributed by atoms with Crippen LogP contribution >= 0.6 is 0 Å². The van der Waals surface area contributed by atoms with E-state index in [0.29, 0.717) is 12.6 Å². The van der Waals surface area contributed by atoms with E-state index in [9.17, 15) is 5.11 Å². The van der Waals surface area contributed by atoms with Crippen LogP contribution in [-0.4, -0.2) is 52.1 Å². The van der Waals surface area contributed by atoms with Gasteiger partial charge in [-0.2, -0.15) is 5.10 Å². The molecular formula is C16H25N3O3. The number of nitrogens with zero attached hydrogens (tertiary/aromatic N) is 2. The lowest BCUT2D eigenvalue weighted by Gasteiger charge is -2.40. The van der Waals surface area contributed by atoms with Crippen LogP contribution in [0.2, 0.25) is 0 Å². The highest BCUT2D eigenvalue weighted by molar-refractivity contribution is 5.11. The maximum absolute atomic E-state index is 11.0. The van der Waals surface area contributed by atoms with E-state index >= 15 is 0 Å². The summed E-state index contributed by atoms with van der Waals surface area (Å²) in [4.78, 5) is 0. The molecule has 6 heteroatoms. The number of fused-ring (bicyclic) bond motifs is 2. The second-order valence-corrected chi connectivity index (χ2v) is 6.90. The molecule has 4 rings (SSSR count). The van der Waals surface area contributed by atoms with Crippen molar-refractivity contribution in [3.63, 3.8) is 0 Å². The molecule has 22 heavy (non-hydrogen) atoms. The van der Waals surface area contributed by atoms with E-state index in [4.69, 9.17) is 9.47 Å². The molecule has 1 aliphatic carbocycles. The average Bonchev–Trinajstić information content (AvgIpc) is 3.18.